The van der Waals surface area contributed by atoms with Gasteiger partial charge in [0.2, 0.25) is 0 Å². The second-order valence-corrected chi connectivity index (χ2v) is 4.42. The topological polar surface area (TPSA) is 81.2 Å². The molecule has 0 radical (unpaired) electrons. The fraction of sp³-hybridized carbons (Fsp3) is 0.400. The zero-order chi connectivity index (χ0) is 13.0. The normalized spacial score (nSPS) is 12.5. The maximum atomic E-state index is 10.7. The highest BCUT2D eigenvalue weighted by Crippen LogP contribution is 2.32. The Labute approximate surface area is 109 Å². The van der Waals surface area contributed by atoms with E-state index in [-0.39, 0.29) is 16.8 Å². The fourth-order valence-electron chi connectivity index (χ4n) is 1.25. The molecular formula is C10H13Cl2N3O2. The van der Waals surface area contributed by atoms with Gasteiger partial charge in [-0.25, -0.2) is 0 Å². The van der Waals surface area contributed by atoms with E-state index in [0.717, 1.165) is 0 Å². The minimum Gasteiger partial charge on any atom is -0.329 e. The molecule has 0 aliphatic carbocycles. The zero-order valence-electron chi connectivity index (χ0n) is 9.24. The predicted molar refractivity (Wildman–Crippen MR) is 68.5 cm³/mol. The van der Waals surface area contributed by atoms with Gasteiger partial charge < -0.3 is 11.1 Å². The molecule has 17 heavy (non-hydrogen) atoms. The maximum absolute atomic E-state index is 10.7. The van der Waals surface area contributed by atoms with Crippen molar-refractivity contribution in [2.45, 2.75) is 19.5 Å². The summed E-state index contributed by atoms with van der Waals surface area (Å²) in [6, 6.07) is 2.84. The van der Waals surface area contributed by atoms with E-state index in [1.807, 2.05) is 6.92 Å². The summed E-state index contributed by atoms with van der Waals surface area (Å²) in [6.07, 6.45) is 0. The first-order valence-corrected chi connectivity index (χ1v) is 5.77. The number of nitro benzene ring substituents is 1. The molecule has 3 N–H and O–H groups in total. The molecule has 1 aromatic rings. The Morgan fingerprint density at radius 2 is 2.18 bits per heavy atom. The lowest BCUT2D eigenvalue weighted by atomic mass is 10.2. The molecule has 0 fully saturated rings. The highest BCUT2D eigenvalue weighted by Gasteiger charge is 2.18. The van der Waals surface area contributed by atoms with E-state index in [4.69, 9.17) is 28.9 Å². The lowest BCUT2D eigenvalue weighted by Crippen LogP contribution is -2.32. The van der Waals surface area contributed by atoms with Crippen LogP contribution in [-0.2, 0) is 6.54 Å². The standard InChI is InChI=1S/C10H13Cl2N3O2/c1-6(4-13)14-5-7-8(11)2-3-9(10(7)12)15(16)17/h2-3,6,14H,4-5,13H2,1H3/t6-/m0/s1. The Balaban J connectivity index is 2.97. The first kappa shape index (κ1) is 14.2. The minimum atomic E-state index is -0.533. The van der Waals surface area contributed by atoms with Gasteiger partial charge in [-0.3, -0.25) is 10.1 Å². The molecule has 0 aliphatic heterocycles. The van der Waals surface area contributed by atoms with Crippen LogP contribution < -0.4 is 11.1 Å². The second kappa shape index (κ2) is 6.16. The first-order chi connectivity index (χ1) is 7.97. The number of nitrogens with zero attached hydrogens (tertiary/aromatic N) is 1. The lowest BCUT2D eigenvalue weighted by Gasteiger charge is -2.13. The van der Waals surface area contributed by atoms with Gasteiger partial charge in [-0.05, 0) is 13.0 Å². The van der Waals surface area contributed by atoms with Gasteiger partial charge in [0.25, 0.3) is 5.69 Å². The molecule has 0 bridgehead atoms. The Kier molecular flexibility index (Phi) is 5.14. The van der Waals surface area contributed by atoms with Gasteiger partial charge in [0.1, 0.15) is 5.02 Å². The summed E-state index contributed by atoms with van der Waals surface area (Å²) in [4.78, 5) is 10.2. The van der Waals surface area contributed by atoms with E-state index >= 15 is 0 Å². The molecule has 0 spiro atoms. The average molecular weight is 278 g/mol. The molecule has 1 aromatic carbocycles. The van der Waals surface area contributed by atoms with Crippen molar-refractivity contribution in [3.8, 4) is 0 Å². The third kappa shape index (κ3) is 3.54. The van der Waals surface area contributed by atoms with Crippen molar-refractivity contribution in [1.82, 2.24) is 5.32 Å². The van der Waals surface area contributed by atoms with Crippen LogP contribution in [0.1, 0.15) is 12.5 Å². The van der Waals surface area contributed by atoms with Crippen LogP contribution in [0, 0.1) is 10.1 Å². The van der Waals surface area contributed by atoms with Crippen LogP contribution in [0.3, 0.4) is 0 Å². The van der Waals surface area contributed by atoms with Crippen molar-refractivity contribution in [2.75, 3.05) is 6.54 Å². The van der Waals surface area contributed by atoms with Crippen molar-refractivity contribution in [1.29, 1.82) is 0 Å². The molecule has 94 valence electrons. The first-order valence-electron chi connectivity index (χ1n) is 5.02. The predicted octanol–water partition coefficient (Wildman–Crippen LogP) is 2.34. The number of nitrogens with one attached hydrogen (secondary N) is 1. The van der Waals surface area contributed by atoms with Gasteiger partial charge in [-0.15, -0.1) is 0 Å². The third-order valence-corrected chi connectivity index (χ3v) is 3.12. The van der Waals surface area contributed by atoms with Crippen LogP contribution in [0.15, 0.2) is 12.1 Å². The van der Waals surface area contributed by atoms with Crippen LogP contribution in [0.5, 0.6) is 0 Å². The van der Waals surface area contributed by atoms with Crippen LogP contribution >= 0.6 is 23.2 Å². The summed E-state index contributed by atoms with van der Waals surface area (Å²) < 4.78 is 0. The fourth-order valence-corrected chi connectivity index (χ4v) is 1.82. The van der Waals surface area contributed by atoms with Gasteiger partial charge in [-0.2, -0.15) is 0 Å². The Bertz CT molecular complexity index is 426. The van der Waals surface area contributed by atoms with Crippen LogP contribution in [0.25, 0.3) is 0 Å². The number of hydrogen-bond acceptors (Lipinski definition) is 4. The van der Waals surface area contributed by atoms with Crippen LogP contribution in [-0.4, -0.2) is 17.5 Å². The molecule has 0 aromatic heterocycles. The average Bonchev–Trinajstić information content (AvgIpc) is 2.27. The van der Waals surface area contributed by atoms with Crippen LogP contribution in [0.4, 0.5) is 5.69 Å². The molecule has 0 saturated heterocycles. The molecular weight excluding hydrogens is 265 g/mol. The number of nitrogens with two attached hydrogens (primary N) is 1. The Hall–Kier alpha value is -0.880. The summed E-state index contributed by atoms with van der Waals surface area (Å²) in [5.74, 6) is 0. The quantitative estimate of drug-likeness (QED) is 0.639. The lowest BCUT2D eigenvalue weighted by molar-refractivity contribution is -0.384. The van der Waals surface area contributed by atoms with E-state index in [0.29, 0.717) is 23.7 Å². The maximum Gasteiger partial charge on any atom is 0.288 e. The summed E-state index contributed by atoms with van der Waals surface area (Å²) in [6.45, 7) is 2.71. The molecule has 0 heterocycles. The van der Waals surface area contributed by atoms with Crippen molar-refractivity contribution in [3.05, 3.63) is 37.9 Å². The van der Waals surface area contributed by atoms with Gasteiger partial charge in [-0.1, -0.05) is 23.2 Å². The number of hydrogen-bond donors (Lipinski definition) is 2. The number of nitro groups is 1. The molecule has 0 amide bonds. The van der Waals surface area contributed by atoms with Crippen molar-refractivity contribution >= 4 is 28.9 Å². The number of rotatable bonds is 5. The zero-order valence-corrected chi connectivity index (χ0v) is 10.8. The molecule has 1 rings (SSSR count). The number of benzene rings is 1. The van der Waals surface area contributed by atoms with E-state index in [1.54, 1.807) is 0 Å². The molecule has 0 unspecified atom stereocenters. The van der Waals surface area contributed by atoms with Gasteiger partial charge >= 0.3 is 0 Å². The molecule has 5 nitrogen and oxygen atoms in total. The summed E-state index contributed by atoms with van der Waals surface area (Å²) in [5, 5.41) is 14.3. The minimum absolute atomic E-state index is 0.0687. The number of halogens is 2. The molecule has 0 aliphatic rings. The van der Waals surface area contributed by atoms with E-state index in [9.17, 15) is 10.1 Å². The Morgan fingerprint density at radius 1 is 1.53 bits per heavy atom. The highest BCUT2D eigenvalue weighted by molar-refractivity contribution is 6.37. The highest BCUT2D eigenvalue weighted by atomic mass is 35.5. The smallest absolute Gasteiger partial charge is 0.288 e. The van der Waals surface area contributed by atoms with Crippen molar-refractivity contribution in [3.63, 3.8) is 0 Å². The van der Waals surface area contributed by atoms with Crippen molar-refractivity contribution in [2.24, 2.45) is 5.73 Å². The second-order valence-electron chi connectivity index (χ2n) is 3.63. The summed E-state index contributed by atoms with van der Waals surface area (Å²) >= 11 is 11.9. The molecule has 0 saturated carbocycles. The van der Waals surface area contributed by atoms with E-state index in [1.165, 1.54) is 12.1 Å². The van der Waals surface area contributed by atoms with Gasteiger partial charge in [0, 0.05) is 35.8 Å². The Morgan fingerprint density at radius 3 is 2.71 bits per heavy atom. The molecule has 1 atom stereocenters. The summed E-state index contributed by atoms with van der Waals surface area (Å²) in [5.41, 5.74) is 5.83. The monoisotopic (exact) mass is 277 g/mol. The van der Waals surface area contributed by atoms with E-state index in [2.05, 4.69) is 5.32 Å². The molecule has 7 heteroatoms. The SMILES string of the molecule is C[C@@H](CN)NCc1c(Cl)ccc([N+](=O)[O-])c1Cl. The van der Waals surface area contributed by atoms with Crippen LogP contribution in [0.2, 0.25) is 10.0 Å². The van der Waals surface area contributed by atoms with E-state index < -0.39 is 4.92 Å². The van der Waals surface area contributed by atoms with Crippen molar-refractivity contribution < 1.29 is 4.92 Å². The van der Waals surface area contributed by atoms with Gasteiger partial charge in [0.05, 0.1) is 4.92 Å². The third-order valence-electron chi connectivity index (χ3n) is 2.34. The largest absolute Gasteiger partial charge is 0.329 e. The van der Waals surface area contributed by atoms with Gasteiger partial charge in [0.15, 0.2) is 0 Å². The summed E-state index contributed by atoms with van der Waals surface area (Å²) in [7, 11) is 0.